The second-order valence-electron chi connectivity index (χ2n) is 11.2. The van der Waals surface area contributed by atoms with E-state index in [1.54, 1.807) is 19.3 Å². The van der Waals surface area contributed by atoms with Gasteiger partial charge in [-0.1, -0.05) is 23.4 Å². The molecule has 4 bridgehead atoms. The molecule has 2 aliphatic heterocycles. The summed E-state index contributed by atoms with van der Waals surface area (Å²) in [6.45, 7) is 7.04. The summed E-state index contributed by atoms with van der Waals surface area (Å²) in [6.07, 6.45) is 3.83. The van der Waals surface area contributed by atoms with Gasteiger partial charge in [0.15, 0.2) is 0 Å². The third kappa shape index (κ3) is 5.37. The van der Waals surface area contributed by atoms with Crippen LogP contribution in [0.4, 0.5) is 0 Å². The summed E-state index contributed by atoms with van der Waals surface area (Å²) >= 11 is 0. The maximum atomic E-state index is 13.1. The number of aryl methyl sites for hydroxylation is 1. The number of likely N-dealkylation sites (N-methyl/N-ethyl adjacent to an activating group) is 1. The van der Waals surface area contributed by atoms with Crippen LogP contribution in [0.2, 0.25) is 0 Å². The first-order valence-corrected chi connectivity index (χ1v) is 14.2. The third-order valence-corrected chi connectivity index (χ3v) is 8.35. The zero-order valence-corrected chi connectivity index (χ0v) is 24.1. The lowest BCUT2D eigenvalue weighted by atomic mass is 9.99. The number of likely N-dealkylation sites (tertiary alicyclic amines) is 1. The number of rotatable bonds is 3. The Balaban J connectivity index is 1.28. The molecule has 0 radical (unpaired) electrons. The fourth-order valence-corrected chi connectivity index (χ4v) is 6.05. The number of amides is 2. The van der Waals surface area contributed by atoms with Gasteiger partial charge in [-0.3, -0.25) is 19.3 Å². The SMILES string of the molecule is Cc1nn(-c2ccccc2)c(C)c1CN1C[C@@H]2CC(=O)NCCN(C)C(=O)c3cccn(c3=O)Cc3cn(nn3)[C@@H]2C1. The molecule has 5 heterocycles. The van der Waals surface area contributed by atoms with E-state index in [9.17, 15) is 14.4 Å². The molecule has 1 N–H and O–H groups in total. The van der Waals surface area contributed by atoms with Crippen LogP contribution in [-0.4, -0.2) is 84.2 Å². The minimum atomic E-state index is -0.383. The van der Waals surface area contributed by atoms with Gasteiger partial charge in [0.05, 0.1) is 30.2 Å². The van der Waals surface area contributed by atoms with E-state index < -0.39 is 0 Å². The number of aromatic nitrogens is 6. The summed E-state index contributed by atoms with van der Waals surface area (Å²) in [6, 6.07) is 13.2. The van der Waals surface area contributed by atoms with Crippen molar-refractivity contribution >= 4 is 11.8 Å². The summed E-state index contributed by atoms with van der Waals surface area (Å²) < 4.78 is 5.30. The van der Waals surface area contributed by atoms with Crippen LogP contribution in [0.5, 0.6) is 0 Å². The zero-order valence-electron chi connectivity index (χ0n) is 24.1. The predicted octanol–water partition coefficient (Wildman–Crippen LogP) is 1.56. The van der Waals surface area contributed by atoms with Crippen molar-refractivity contribution in [3.8, 4) is 5.69 Å². The van der Waals surface area contributed by atoms with Crippen molar-refractivity contribution in [1.82, 2.24) is 44.5 Å². The minimum absolute atomic E-state index is 0.00245. The summed E-state index contributed by atoms with van der Waals surface area (Å²) in [5, 5.41) is 16.6. The molecular formula is C30H35N9O3. The van der Waals surface area contributed by atoms with Crippen molar-refractivity contribution < 1.29 is 9.59 Å². The quantitative estimate of drug-likeness (QED) is 0.397. The smallest absolute Gasteiger partial charge is 0.263 e. The van der Waals surface area contributed by atoms with E-state index in [0.717, 1.165) is 17.1 Å². The van der Waals surface area contributed by atoms with Crippen molar-refractivity contribution in [2.45, 2.75) is 39.4 Å². The van der Waals surface area contributed by atoms with E-state index in [1.807, 2.05) is 52.8 Å². The Bertz CT molecular complexity index is 1670. The van der Waals surface area contributed by atoms with Gasteiger partial charge in [-0.2, -0.15) is 5.10 Å². The maximum absolute atomic E-state index is 13.1. The van der Waals surface area contributed by atoms with Crippen LogP contribution in [0.3, 0.4) is 0 Å². The fraction of sp³-hybridized carbons (Fsp3) is 0.400. The summed E-state index contributed by atoms with van der Waals surface area (Å²) in [5.41, 5.74) is 4.58. The van der Waals surface area contributed by atoms with Crippen LogP contribution in [0.15, 0.2) is 59.7 Å². The molecule has 12 heteroatoms. The molecule has 0 unspecified atom stereocenters. The van der Waals surface area contributed by atoms with Crippen LogP contribution in [0.1, 0.15) is 45.5 Å². The molecule has 1 aromatic carbocycles. The number of nitrogens with zero attached hydrogens (tertiary/aromatic N) is 8. The Kier molecular flexibility index (Phi) is 7.46. The topological polar surface area (TPSA) is 123 Å². The Morgan fingerprint density at radius 2 is 1.83 bits per heavy atom. The number of pyridine rings is 1. The van der Waals surface area contributed by atoms with Crippen LogP contribution in [0.25, 0.3) is 5.69 Å². The molecule has 0 spiro atoms. The number of para-hydroxylation sites is 1. The van der Waals surface area contributed by atoms with E-state index in [1.165, 1.54) is 21.1 Å². The monoisotopic (exact) mass is 569 g/mol. The van der Waals surface area contributed by atoms with Crippen LogP contribution in [-0.2, 0) is 17.9 Å². The Morgan fingerprint density at radius 1 is 1.02 bits per heavy atom. The van der Waals surface area contributed by atoms with E-state index in [4.69, 9.17) is 5.10 Å². The van der Waals surface area contributed by atoms with Crippen molar-refractivity contribution in [3.63, 3.8) is 0 Å². The molecule has 0 saturated carbocycles. The molecule has 12 nitrogen and oxygen atoms in total. The normalized spacial score (nSPS) is 20.0. The number of carbonyl (C=O) groups excluding carboxylic acids is 2. The highest BCUT2D eigenvalue weighted by Crippen LogP contribution is 2.32. The predicted molar refractivity (Wildman–Crippen MR) is 155 cm³/mol. The molecule has 42 heavy (non-hydrogen) atoms. The van der Waals surface area contributed by atoms with Gasteiger partial charge >= 0.3 is 0 Å². The highest BCUT2D eigenvalue weighted by Gasteiger charge is 2.37. The lowest BCUT2D eigenvalue weighted by Crippen LogP contribution is -2.39. The van der Waals surface area contributed by atoms with Crippen molar-refractivity contribution in [2.24, 2.45) is 5.92 Å². The average Bonchev–Trinajstić information content (AvgIpc) is 3.68. The van der Waals surface area contributed by atoms with Gasteiger partial charge in [0, 0.05) is 69.6 Å². The van der Waals surface area contributed by atoms with Crippen molar-refractivity contribution in [3.05, 3.63) is 93.4 Å². The van der Waals surface area contributed by atoms with E-state index in [2.05, 4.69) is 27.5 Å². The molecule has 0 aliphatic carbocycles. The standard InChI is InChI=1S/C30H35N9O3/c1-20-26(21(2)39(33-20)24-8-5-4-6-9-24)18-36-15-22-14-28(40)31-11-13-35(3)29(41)25-10-7-12-37(30(25)42)16-23-17-38(34-32-23)27(22)19-36/h4-10,12,17,22,27H,11,13-16,18-19H2,1-3H3,(H,31,40)/t22-,27+/m0/s1. The van der Waals surface area contributed by atoms with Gasteiger partial charge in [0.25, 0.3) is 11.5 Å². The number of hydrogen-bond donors (Lipinski definition) is 1. The first-order chi connectivity index (χ1) is 20.3. The number of benzene rings is 1. The highest BCUT2D eigenvalue weighted by molar-refractivity contribution is 5.93. The fourth-order valence-electron chi connectivity index (χ4n) is 6.05. The number of carbonyl (C=O) groups is 2. The minimum Gasteiger partial charge on any atom is -0.354 e. The van der Waals surface area contributed by atoms with Crippen molar-refractivity contribution in [1.29, 1.82) is 0 Å². The van der Waals surface area contributed by atoms with Gasteiger partial charge in [-0.15, -0.1) is 5.10 Å². The number of fused-ring (bicyclic) bond motifs is 6. The first-order valence-electron chi connectivity index (χ1n) is 14.2. The largest absolute Gasteiger partial charge is 0.354 e. The highest BCUT2D eigenvalue weighted by atomic mass is 16.2. The summed E-state index contributed by atoms with van der Waals surface area (Å²) in [5.74, 6) is -0.457. The number of hydrogen-bond acceptors (Lipinski definition) is 7. The lowest BCUT2D eigenvalue weighted by molar-refractivity contribution is -0.122. The summed E-state index contributed by atoms with van der Waals surface area (Å²) in [7, 11) is 1.63. The second-order valence-corrected chi connectivity index (χ2v) is 11.2. The molecule has 1 saturated heterocycles. The van der Waals surface area contributed by atoms with E-state index >= 15 is 0 Å². The molecule has 2 atom stereocenters. The van der Waals surface area contributed by atoms with Crippen LogP contribution in [0, 0.1) is 19.8 Å². The molecule has 1 fully saturated rings. The van der Waals surface area contributed by atoms with Gasteiger partial charge in [0.1, 0.15) is 11.3 Å². The van der Waals surface area contributed by atoms with E-state index in [-0.39, 0.29) is 41.4 Å². The molecular weight excluding hydrogens is 534 g/mol. The van der Waals surface area contributed by atoms with Gasteiger partial charge in [0.2, 0.25) is 5.91 Å². The third-order valence-electron chi connectivity index (χ3n) is 8.35. The maximum Gasteiger partial charge on any atom is 0.263 e. The second kappa shape index (κ2) is 11.4. The lowest BCUT2D eigenvalue weighted by Gasteiger charge is -2.20. The molecule has 2 aliphatic rings. The Hall–Kier alpha value is -4.58. The average molecular weight is 570 g/mol. The first kappa shape index (κ1) is 27.6. The van der Waals surface area contributed by atoms with Gasteiger partial charge in [-0.25, -0.2) is 9.36 Å². The molecule has 3 aromatic heterocycles. The van der Waals surface area contributed by atoms with Gasteiger partial charge < -0.3 is 14.8 Å². The molecule has 6 rings (SSSR count). The number of nitrogens with one attached hydrogen (secondary N) is 1. The molecule has 2 amide bonds. The molecule has 218 valence electrons. The van der Waals surface area contributed by atoms with Crippen LogP contribution < -0.4 is 10.9 Å². The summed E-state index contributed by atoms with van der Waals surface area (Å²) in [4.78, 5) is 42.9. The Morgan fingerprint density at radius 3 is 2.64 bits per heavy atom. The van der Waals surface area contributed by atoms with Crippen molar-refractivity contribution in [2.75, 3.05) is 33.2 Å². The zero-order chi connectivity index (χ0) is 29.4. The van der Waals surface area contributed by atoms with E-state index in [0.29, 0.717) is 44.8 Å². The Labute approximate surface area is 243 Å². The van der Waals surface area contributed by atoms with Gasteiger partial charge in [-0.05, 0) is 38.1 Å². The molecule has 4 aromatic rings. The van der Waals surface area contributed by atoms with Crippen LogP contribution >= 0.6 is 0 Å².